The van der Waals surface area contributed by atoms with Crippen LogP contribution >= 0.6 is 11.3 Å². The Morgan fingerprint density at radius 1 is 1.33 bits per heavy atom. The standard InChI is InChI=1S/C15H18N4OS/c1-10-7-19(8-11(2)17-10)15(20)13-9-21-14(18-13)12-5-3-4-6-16-12/h3-6,9-11,17H,7-8H2,1-2H3/t10-,11+. The molecule has 1 fully saturated rings. The van der Waals surface area contributed by atoms with E-state index >= 15 is 0 Å². The van der Waals surface area contributed by atoms with Gasteiger partial charge in [0, 0.05) is 36.8 Å². The van der Waals surface area contributed by atoms with Gasteiger partial charge in [0.2, 0.25) is 0 Å². The van der Waals surface area contributed by atoms with Crippen molar-refractivity contribution in [3.8, 4) is 10.7 Å². The number of amides is 1. The highest BCUT2D eigenvalue weighted by Crippen LogP contribution is 2.22. The molecule has 1 aliphatic rings. The van der Waals surface area contributed by atoms with Crippen molar-refractivity contribution in [1.29, 1.82) is 0 Å². The predicted octanol–water partition coefficient (Wildman–Crippen LogP) is 2.03. The Bertz CT molecular complexity index is 618. The molecule has 2 atom stereocenters. The molecule has 0 aromatic carbocycles. The van der Waals surface area contributed by atoms with Gasteiger partial charge in [0.25, 0.3) is 5.91 Å². The lowest BCUT2D eigenvalue weighted by Gasteiger charge is -2.35. The number of nitrogens with zero attached hydrogens (tertiary/aromatic N) is 3. The van der Waals surface area contributed by atoms with Crippen LogP contribution in [0.1, 0.15) is 24.3 Å². The van der Waals surface area contributed by atoms with Crippen LogP contribution in [0, 0.1) is 0 Å². The quantitative estimate of drug-likeness (QED) is 0.922. The largest absolute Gasteiger partial charge is 0.334 e. The zero-order valence-corrected chi connectivity index (χ0v) is 12.9. The Morgan fingerprint density at radius 3 is 2.76 bits per heavy atom. The van der Waals surface area contributed by atoms with Crippen LogP contribution in [-0.2, 0) is 0 Å². The number of nitrogens with one attached hydrogen (secondary N) is 1. The molecule has 2 aromatic rings. The first-order valence-corrected chi connectivity index (χ1v) is 7.93. The third-order valence-electron chi connectivity index (χ3n) is 3.45. The number of pyridine rings is 1. The number of aromatic nitrogens is 2. The minimum Gasteiger partial charge on any atom is -0.334 e. The summed E-state index contributed by atoms with van der Waals surface area (Å²) in [6.07, 6.45) is 1.73. The molecule has 0 aliphatic carbocycles. The second-order valence-electron chi connectivity index (χ2n) is 5.43. The van der Waals surface area contributed by atoms with Crippen molar-refractivity contribution in [2.75, 3.05) is 13.1 Å². The van der Waals surface area contributed by atoms with E-state index in [4.69, 9.17) is 0 Å². The highest BCUT2D eigenvalue weighted by atomic mass is 32.1. The van der Waals surface area contributed by atoms with E-state index < -0.39 is 0 Å². The average molecular weight is 302 g/mol. The number of hydrogen-bond acceptors (Lipinski definition) is 5. The van der Waals surface area contributed by atoms with Gasteiger partial charge in [-0.3, -0.25) is 9.78 Å². The number of carbonyl (C=O) groups is 1. The van der Waals surface area contributed by atoms with Crippen LogP contribution in [0.2, 0.25) is 0 Å². The predicted molar refractivity (Wildman–Crippen MR) is 83.3 cm³/mol. The molecule has 1 saturated heterocycles. The lowest BCUT2D eigenvalue weighted by molar-refractivity contribution is 0.0669. The molecule has 1 amide bonds. The zero-order valence-electron chi connectivity index (χ0n) is 12.1. The number of piperazine rings is 1. The summed E-state index contributed by atoms with van der Waals surface area (Å²) >= 11 is 1.46. The van der Waals surface area contributed by atoms with Crippen LogP contribution in [0.15, 0.2) is 29.8 Å². The fourth-order valence-corrected chi connectivity index (χ4v) is 3.40. The van der Waals surface area contributed by atoms with Crippen LogP contribution in [0.3, 0.4) is 0 Å². The summed E-state index contributed by atoms with van der Waals surface area (Å²) in [4.78, 5) is 23.2. The molecule has 0 radical (unpaired) electrons. The van der Waals surface area contributed by atoms with Gasteiger partial charge in [-0.05, 0) is 26.0 Å². The van der Waals surface area contributed by atoms with Crippen molar-refractivity contribution in [3.63, 3.8) is 0 Å². The molecule has 0 unspecified atom stereocenters. The van der Waals surface area contributed by atoms with Crippen LogP contribution < -0.4 is 5.32 Å². The van der Waals surface area contributed by atoms with Crippen LogP contribution in [-0.4, -0.2) is 45.9 Å². The van der Waals surface area contributed by atoms with Crippen molar-refractivity contribution >= 4 is 17.2 Å². The molecular weight excluding hydrogens is 284 g/mol. The highest BCUT2D eigenvalue weighted by molar-refractivity contribution is 7.13. The fraction of sp³-hybridized carbons (Fsp3) is 0.400. The van der Waals surface area contributed by atoms with E-state index in [1.54, 1.807) is 6.20 Å². The van der Waals surface area contributed by atoms with Crippen LogP contribution in [0.4, 0.5) is 0 Å². The van der Waals surface area contributed by atoms with Gasteiger partial charge in [-0.2, -0.15) is 0 Å². The van der Waals surface area contributed by atoms with Gasteiger partial charge in [-0.1, -0.05) is 6.07 Å². The molecule has 0 bridgehead atoms. The Morgan fingerprint density at radius 2 is 2.10 bits per heavy atom. The second-order valence-corrected chi connectivity index (χ2v) is 6.29. The van der Waals surface area contributed by atoms with Crippen LogP contribution in [0.5, 0.6) is 0 Å². The summed E-state index contributed by atoms with van der Waals surface area (Å²) in [5.41, 5.74) is 1.32. The summed E-state index contributed by atoms with van der Waals surface area (Å²) in [6, 6.07) is 6.32. The molecule has 3 heterocycles. The number of carbonyl (C=O) groups excluding carboxylic acids is 1. The molecule has 3 rings (SSSR count). The van der Waals surface area contributed by atoms with E-state index in [0.29, 0.717) is 17.8 Å². The van der Waals surface area contributed by atoms with Crippen molar-refractivity contribution < 1.29 is 4.79 Å². The molecule has 5 nitrogen and oxygen atoms in total. The monoisotopic (exact) mass is 302 g/mol. The van der Waals surface area contributed by atoms with Crippen LogP contribution in [0.25, 0.3) is 10.7 Å². The van der Waals surface area contributed by atoms with Crippen molar-refractivity contribution in [2.45, 2.75) is 25.9 Å². The van der Waals surface area contributed by atoms with Gasteiger partial charge in [0.15, 0.2) is 0 Å². The lowest BCUT2D eigenvalue weighted by atomic mass is 10.1. The van der Waals surface area contributed by atoms with E-state index in [1.165, 1.54) is 11.3 Å². The Hall–Kier alpha value is -1.79. The van der Waals surface area contributed by atoms with Gasteiger partial charge < -0.3 is 10.2 Å². The average Bonchev–Trinajstić information content (AvgIpc) is 2.96. The van der Waals surface area contributed by atoms with Gasteiger partial charge in [0.05, 0.1) is 5.69 Å². The van der Waals surface area contributed by atoms with Gasteiger partial charge in [-0.25, -0.2) is 4.98 Å². The number of rotatable bonds is 2. The molecule has 21 heavy (non-hydrogen) atoms. The zero-order chi connectivity index (χ0) is 14.8. The van der Waals surface area contributed by atoms with E-state index in [1.807, 2.05) is 28.5 Å². The van der Waals surface area contributed by atoms with Gasteiger partial charge >= 0.3 is 0 Å². The number of thiazole rings is 1. The highest BCUT2D eigenvalue weighted by Gasteiger charge is 2.27. The molecule has 2 aromatic heterocycles. The molecule has 0 saturated carbocycles. The smallest absolute Gasteiger partial charge is 0.273 e. The van der Waals surface area contributed by atoms with E-state index in [9.17, 15) is 4.79 Å². The van der Waals surface area contributed by atoms with Crippen molar-refractivity contribution in [3.05, 3.63) is 35.5 Å². The summed E-state index contributed by atoms with van der Waals surface area (Å²) < 4.78 is 0. The van der Waals surface area contributed by atoms with E-state index in [0.717, 1.165) is 23.8 Å². The van der Waals surface area contributed by atoms with Crippen molar-refractivity contribution in [1.82, 2.24) is 20.2 Å². The lowest BCUT2D eigenvalue weighted by Crippen LogP contribution is -2.55. The SMILES string of the molecule is C[C@@H]1CN(C(=O)c2csc(-c3ccccn3)n2)C[C@H](C)N1. The second kappa shape index (κ2) is 5.91. The molecule has 1 N–H and O–H groups in total. The minimum absolute atomic E-state index is 0.00799. The maximum Gasteiger partial charge on any atom is 0.273 e. The maximum absolute atomic E-state index is 12.6. The first-order chi connectivity index (χ1) is 10.1. The Labute approximate surface area is 128 Å². The summed E-state index contributed by atoms with van der Waals surface area (Å²) in [6.45, 7) is 5.63. The van der Waals surface area contributed by atoms with E-state index in [-0.39, 0.29) is 5.91 Å². The van der Waals surface area contributed by atoms with Crippen molar-refractivity contribution in [2.24, 2.45) is 0 Å². The Balaban J connectivity index is 1.78. The maximum atomic E-state index is 12.6. The Kier molecular flexibility index (Phi) is 3.98. The first-order valence-electron chi connectivity index (χ1n) is 7.05. The molecular formula is C15H18N4OS. The third kappa shape index (κ3) is 3.11. The minimum atomic E-state index is 0.00799. The molecule has 0 spiro atoms. The summed E-state index contributed by atoms with van der Waals surface area (Å²) in [7, 11) is 0. The van der Waals surface area contributed by atoms with Gasteiger partial charge in [0.1, 0.15) is 10.7 Å². The topological polar surface area (TPSA) is 58.1 Å². The fourth-order valence-electron chi connectivity index (χ4n) is 2.63. The summed E-state index contributed by atoms with van der Waals surface area (Å²) in [5.74, 6) is 0.00799. The van der Waals surface area contributed by atoms with E-state index in [2.05, 4.69) is 29.1 Å². The normalized spacial score (nSPS) is 22.3. The molecule has 6 heteroatoms. The molecule has 1 aliphatic heterocycles. The first kappa shape index (κ1) is 14.2. The van der Waals surface area contributed by atoms with Gasteiger partial charge in [-0.15, -0.1) is 11.3 Å². The molecule has 110 valence electrons. The third-order valence-corrected chi connectivity index (χ3v) is 4.32. The number of hydrogen-bond donors (Lipinski definition) is 1. The summed E-state index contributed by atoms with van der Waals surface area (Å²) in [5, 5.41) is 6.04.